The van der Waals surface area contributed by atoms with Crippen molar-refractivity contribution >= 4 is 28.9 Å². The summed E-state index contributed by atoms with van der Waals surface area (Å²) in [4.78, 5) is 0. The van der Waals surface area contributed by atoms with Gasteiger partial charge in [0.1, 0.15) is 5.75 Å². The SMILES string of the molecule is Clc1cccc([C@H]2Oc3ccc(Cl)cc3[C@H]3CC(c4ccc5c(c4)OCO5)=NN32)c1. The van der Waals surface area contributed by atoms with Gasteiger partial charge in [0.2, 0.25) is 13.0 Å². The lowest BCUT2D eigenvalue weighted by Crippen LogP contribution is -2.33. The molecule has 0 unspecified atom stereocenters. The van der Waals surface area contributed by atoms with Crippen molar-refractivity contribution in [2.24, 2.45) is 5.10 Å². The van der Waals surface area contributed by atoms with Gasteiger partial charge in [0.25, 0.3) is 0 Å². The van der Waals surface area contributed by atoms with Crippen LogP contribution in [0.5, 0.6) is 17.2 Å². The third kappa shape index (κ3) is 2.89. The molecule has 0 saturated carbocycles. The molecule has 0 aliphatic carbocycles. The zero-order chi connectivity index (χ0) is 20.2. The van der Waals surface area contributed by atoms with Crippen LogP contribution < -0.4 is 14.2 Å². The van der Waals surface area contributed by atoms with E-state index in [1.54, 1.807) is 0 Å². The molecule has 0 amide bonds. The first-order valence-electron chi connectivity index (χ1n) is 9.63. The lowest BCUT2D eigenvalue weighted by atomic mass is 9.95. The van der Waals surface area contributed by atoms with E-state index in [1.807, 2.05) is 65.7 Å². The molecule has 3 aliphatic rings. The molecule has 3 aromatic carbocycles. The number of benzene rings is 3. The summed E-state index contributed by atoms with van der Waals surface area (Å²) >= 11 is 12.6. The van der Waals surface area contributed by atoms with E-state index in [1.165, 1.54) is 0 Å². The van der Waals surface area contributed by atoms with Gasteiger partial charge >= 0.3 is 0 Å². The second-order valence-electron chi connectivity index (χ2n) is 7.42. The number of halogens is 2. The summed E-state index contributed by atoms with van der Waals surface area (Å²) in [6, 6.07) is 19.3. The van der Waals surface area contributed by atoms with Crippen LogP contribution in [0.15, 0.2) is 65.8 Å². The summed E-state index contributed by atoms with van der Waals surface area (Å²) in [5, 5.41) is 8.31. The van der Waals surface area contributed by atoms with Gasteiger partial charge in [-0.1, -0.05) is 35.3 Å². The van der Waals surface area contributed by atoms with Crippen molar-refractivity contribution in [3.8, 4) is 17.2 Å². The zero-order valence-corrected chi connectivity index (χ0v) is 17.2. The molecule has 0 aromatic heterocycles. The van der Waals surface area contributed by atoms with Gasteiger partial charge in [-0.25, -0.2) is 5.01 Å². The Bertz CT molecular complexity index is 1200. The Morgan fingerprint density at radius 1 is 0.867 bits per heavy atom. The summed E-state index contributed by atoms with van der Waals surface area (Å²) < 4.78 is 17.3. The third-order valence-corrected chi connectivity index (χ3v) is 6.06. The van der Waals surface area contributed by atoms with Crippen LogP contribution in [-0.2, 0) is 0 Å². The van der Waals surface area contributed by atoms with Crippen LogP contribution in [0.25, 0.3) is 0 Å². The molecule has 0 bridgehead atoms. The van der Waals surface area contributed by atoms with Crippen molar-refractivity contribution in [2.75, 3.05) is 6.79 Å². The molecule has 30 heavy (non-hydrogen) atoms. The Labute approximate surface area is 183 Å². The Morgan fingerprint density at radius 3 is 2.60 bits per heavy atom. The first kappa shape index (κ1) is 17.9. The molecule has 3 heterocycles. The predicted octanol–water partition coefficient (Wildman–Crippen LogP) is 5.96. The predicted molar refractivity (Wildman–Crippen MR) is 115 cm³/mol. The van der Waals surface area contributed by atoms with E-state index in [0.29, 0.717) is 10.0 Å². The first-order chi connectivity index (χ1) is 14.7. The third-order valence-electron chi connectivity index (χ3n) is 5.59. The van der Waals surface area contributed by atoms with E-state index < -0.39 is 0 Å². The van der Waals surface area contributed by atoms with Crippen molar-refractivity contribution in [2.45, 2.75) is 18.7 Å². The van der Waals surface area contributed by atoms with E-state index in [4.69, 9.17) is 42.5 Å². The molecule has 2 atom stereocenters. The van der Waals surface area contributed by atoms with Gasteiger partial charge in [-0.05, 0) is 48.5 Å². The maximum Gasteiger partial charge on any atom is 0.231 e. The van der Waals surface area contributed by atoms with Crippen LogP contribution >= 0.6 is 23.2 Å². The first-order valence-corrected chi connectivity index (χ1v) is 10.4. The fourth-order valence-corrected chi connectivity index (χ4v) is 4.57. The zero-order valence-electron chi connectivity index (χ0n) is 15.7. The monoisotopic (exact) mass is 438 g/mol. The fraction of sp³-hybridized carbons (Fsp3) is 0.174. The molecule has 6 rings (SSSR count). The van der Waals surface area contributed by atoms with E-state index in [9.17, 15) is 0 Å². The largest absolute Gasteiger partial charge is 0.464 e. The summed E-state index contributed by atoms with van der Waals surface area (Å²) in [7, 11) is 0. The summed E-state index contributed by atoms with van der Waals surface area (Å²) in [5.74, 6) is 2.31. The Morgan fingerprint density at radius 2 is 1.70 bits per heavy atom. The van der Waals surface area contributed by atoms with E-state index >= 15 is 0 Å². The molecule has 0 N–H and O–H groups in total. The van der Waals surface area contributed by atoms with Gasteiger partial charge in [-0.15, -0.1) is 0 Å². The summed E-state index contributed by atoms with van der Waals surface area (Å²) in [6.07, 6.45) is 0.349. The number of fused-ring (bicyclic) bond motifs is 4. The van der Waals surface area contributed by atoms with Crippen LogP contribution in [0.4, 0.5) is 0 Å². The molecule has 7 heteroatoms. The Kier molecular flexibility index (Phi) is 4.08. The number of nitrogens with zero attached hydrogens (tertiary/aromatic N) is 2. The maximum atomic E-state index is 6.36. The lowest BCUT2D eigenvalue weighted by molar-refractivity contribution is -0.0190. The van der Waals surface area contributed by atoms with Crippen molar-refractivity contribution in [3.05, 3.63) is 87.4 Å². The molecule has 3 aromatic rings. The summed E-state index contributed by atoms with van der Waals surface area (Å²) in [5.41, 5.74) is 3.94. The van der Waals surface area contributed by atoms with Crippen molar-refractivity contribution < 1.29 is 14.2 Å². The van der Waals surface area contributed by atoms with Crippen molar-refractivity contribution in [1.82, 2.24) is 5.01 Å². The minimum Gasteiger partial charge on any atom is -0.464 e. The lowest BCUT2D eigenvalue weighted by Gasteiger charge is -2.38. The molecular formula is C23H16Cl2N2O3. The van der Waals surface area contributed by atoms with Crippen molar-refractivity contribution in [3.63, 3.8) is 0 Å². The van der Waals surface area contributed by atoms with Gasteiger partial charge in [-0.2, -0.15) is 5.10 Å². The molecule has 3 aliphatic heterocycles. The fourth-order valence-electron chi connectivity index (χ4n) is 4.19. The number of hydrogen-bond acceptors (Lipinski definition) is 5. The Hall–Kier alpha value is -2.89. The molecule has 0 radical (unpaired) electrons. The smallest absolute Gasteiger partial charge is 0.231 e. The summed E-state index contributed by atoms with van der Waals surface area (Å²) in [6.45, 7) is 0.247. The second kappa shape index (κ2) is 6.83. The topological polar surface area (TPSA) is 43.3 Å². The number of hydrazone groups is 1. The molecule has 0 saturated heterocycles. The van der Waals surface area contributed by atoms with E-state index in [2.05, 4.69) is 0 Å². The van der Waals surface area contributed by atoms with Crippen molar-refractivity contribution in [1.29, 1.82) is 0 Å². The standard InChI is InChI=1S/C23H16Cl2N2O3/c24-15-3-1-2-14(8-15)23-27-19(17-10-16(25)5-7-20(17)30-23)11-18(26-27)13-4-6-21-22(9-13)29-12-28-21/h1-10,19,23H,11-12H2/t19-,23-/m1/s1. The minimum atomic E-state index is -0.381. The number of ether oxygens (including phenoxy) is 3. The highest BCUT2D eigenvalue weighted by atomic mass is 35.5. The Balaban J connectivity index is 1.44. The van der Waals surface area contributed by atoms with Gasteiger partial charge in [0, 0.05) is 33.2 Å². The quantitative estimate of drug-likeness (QED) is 0.494. The molecule has 150 valence electrons. The second-order valence-corrected chi connectivity index (χ2v) is 8.29. The molecule has 0 spiro atoms. The van der Waals surface area contributed by atoms with Gasteiger partial charge in [0.15, 0.2) is 11.5 Å². The number of hydrogen-bond donors (Lipinski definition) is 0. The average molecular weight is 439 g/mol. The number of rotatable bonds is 2. The van der Waals surface area contributed by atoms with Gasteiger partial charge in [-0.3, -0.25) is 0 Å². The van der Waals surface area contributed by atoms with Gasteiger partial charge in [0.05, 0.1) is 11.8 Å². The van der Waals surface area contributed by atoms with Crippen LogP contribution in [-0.4, -0.2) is 17.5 Å². The minimum absolute atomic E-state index is 0.0110. The van der Waals surface area contributed by atoms with E-state index in [0.717, 1.165) is 46.1 Å². The van der Waals surface area contributed by atoms with Crippen LogP contribution in [0.2, 0.25) is 10.0 Å². The highest BCUT2D eigenvalue weighted by Crippen LogP contribution is 2.48. The van der Waals surface area contributed by atoms with Crippen LogP contribution in [0.3, 0.4) is 0 Å². The molecule has 5 nitrogen and oxygen atoms in total. The average Bonchev–Trinajstić information content (AvgIpc) is 3.40. The van der Waals surface area contributed by atoms with E-state index in [-0.39, 0.29) is 19.1 Å². The molecule has 0 fully saturated rings. The van der Waals surface area contributed by atoms with Gasteiger partial charge < -0.3 is 14.2 Å². The highest BCUT2D eigenvalue weighted by Gasteiger charge is 2.41. The normalized spacial score (nSPS) is 21.0. The molecular weight excluding hydrogens is 423 g/mol. The maximum absolute atomic E-state index is 6.36. The van der Waals surface area contributed by atoms with Crippen LogP contribution in [0, 0.1) is 0 Å². The van der Waals surface area contributed by atoms with Crippen LogP contribution in [0.1, 0.15) is 35.4 Å². The highest BCUT2D eigenvalue weighted by molar-refractivity contribution is 6.31.